The molecule has 1 aromatic heterocycles. The summed E-state index contributed by atoms with van der Waals surface area (Å²) in [6.45, 7) is 3.26. The molecule has 5 rings (SSSR count). The summed E-state index contributed by atoms with van der Waals surface area (Å²) < 4.78 is 18.8. The molecule has 2 fully saturated rings. The van der Waals surface area contributed by atoms with E-state index < -0.39 is 0 Å². The van der Waals surface area contributed by atoms with Gasteiger partial charge in [0.2, 0.25) is 0 Å². The number of rotatable bonds is 6. The molecule has 2 heterocycles. The molecular formula is C25H26ClFN4O. The summed E-state index contributed by atoms with van der Waals surface area (Å²) in [6, 6.07) is 16.8. The minimum Gasteiger partial charge on any atom is -0.497 e. The van der Waals surface area contributed by atoms with Crippen molar-refractivity contribution in [1.29, 1.82) is 0 Å². The second-order valence-electron chi connectivity index (χ2n) is 8.80. The second kappa shape index (κ2) is 9.04. The number of nitrogens with zero attached hydrogens (tertiary/aromatic N) is 3. The minimum absolute atomic E-state index is 0.341. The van der Waals surface area contributed by atoms with Crippen LogP contribution >= 0.6 is 11.6 Å². The van der Waals surface area contributed by atoms with E-state index in [2.05, 4.69) is 32.5 Å². The smallest absolute Gasteiger partial charge is 0.148 e. The molecule has 2 aromatic carbocycles. The van der Waals surface area contributed by atoms with E-state index in [0.717, 1.165) is 44.0 Å². The molecule has 0 radical (unpaired) electrons. The molecule has 1 unspecified atom stereocenters. The predicted octanol–water partition coefficient (Wildman–Crippen LogP) is 5.27. The van der Waals surface area contributed by atoms with Gasteiger partial charge in [-0.15, -0.1) is 10.2 Å². The summed E-state index contributed by atoms with van der Waals surface area (Å²) in [4.78, 5) is 2.56. The van der Waals surface area contributed by atoms with Gasteiger partial charge in [0, 0.05) is 31.2 Å². The van der Waals surface area contributed by atoms with Crippen LogP contribution in [0.4, 0.5) is 10.2 Å². The average molecular weight is 453 g/mol. The molecule has 166 valence electrons. The third-order valence-corrected chi connectivity index (χ3v) is 6.94. The van der Waals surface area contributed by atoms with Crippen LogP contribution in [-0.4, -0.2) is 41.3 Å². The van der Waals surface area contributed by atoms with Crippen LogP contribution < -0.4 is 10.1 Å². The molecule has 1 N–H and O–H groups in total. The zero-order chi connectivity index (χ0) is 22.1. The largest absolute Gasteiger partial charge is 0.497 e. The van der Waals surface area contributed by atoms with Crippen LogP contribution in [0.2, 0.25) is 5.02 Å². The van der Waals surface area contributed by atoms with E-state index in [1.54, 1.807) is 7.11 Å². The Kier molecular flexibility index (Phi) is 5.98. The first-order valence-corrected chi connectivity index (χ1v) is 11.4. The zero-order valence-corrected chi connectivity index (χ0v) is 18.7. The van der Waals surface area contributed by atoms with Crippen LogP contribution in [0.15, 0.2) is 54.6 Å². The Morgan fingerprint density at radius 3 is 2.44 bits per heavy atom. The molecule has 1 aliphatic heterocycles. The summed E-state index contributed by atoms with van der Waals surface area (Å²) in [5.41, 5.74) is 2.45. The standard InChI is InChI=1S/C25H26ClFN4O/c1-32-21-5-2-16(3-6-21)13-31-14-17-10-20(11-18(17)15-31)28-25-9-8-24(29-30-25)22-12-19(27)4-7-23(22)26/h2-9,12,17-18,20H,10-11,13-15H2,1H3,(H,28,30)/t17-,18+,20?. The third kappa shape index (κ3) is 4.57. The van der Waals surface area contributed by atoms with E-state index in [4.69, 9.17) is 16.3 Å². The average Bonchev–Trinajstić information content (AvgIpc) is 3.34. The number of benzene rings is 2. The number of ether oxygens (including phenoxy) is 1. The van der Waals surface area contributed by atoms with Crippen molar-refractivity contribution in [2.45, 2.75) is 25.4 Å². The van der Waals surface area contributed by atoms with Gasteiger partial charge in [-0.3, -0.25) is 4.90 Å². The first kappa shape index (κ1) is 21.2. The van der Waals surface area contributed by atoms with Gasteiger partial charge in [0.1, 0.15) is 17.4 Å². The highest BCUT2D eigenvalue weighted by Crippen LogP contribution is 2.39. The van der Waals surface area contributed by atoms with E-state index >= 15 is 0 Å². The summed E-state index contributed by atoms with van der Waals surface area (Å²) in [7, 11) is 1.70. The number of aromatic nitrogens is 2. The molecule has 3 atom stereocenters. The van der Waals surface area contributed by atoms with Crippen LogP contribution in [0, 0.1) is 17.7 Å². The minimum atomic E-state index is -0.341. The van der Waals surface area contributed by atoms with Crippen LogP contribution in [0.1, 0.15) is 18.4 Å². The maximum Gasteiger partial charge on any atom is 0.148 e. The van der Waals surface area contributed by atoms with E-state index in [-0.39, 0.29) is 5.82 Å². The van der Waals surface area contributed by atoms with Gasteiger partial charge in [-0.1, -0.05) is 23.7 Å². The number of fused-ring (bicyclic) bond motifs is 1. The topological polar surface area (TPSA) is 50.3 Å². The Hall–Kier alpha value is -2.70. The Morgan fingerprint density at radius 2 is 1.78 bits per heavy atom. The lowest BCUT2D eigenvalue weighted by Gasteiger charge is -2.20. The quantitative estimate of drug-likeness (QED) is 0.552. The van der Waals surface area contributed by atoms with Gasteiger partial charge in [0.05, 0.1) is 17.8 Å². The number of likely N-dealkylation sites (tertiary alicyclic amines) is 1. The van der Waals surface area contributed by atoms with E-state index in [9.17, 15) is 4.39 Å². The third-order valence-electron chi connectivity index (χ3n) is 6.61. The Bertz CT molecular complexity index is 1060. The number of halogens is 2. The molecule has 32 heavy (non-hydrogen) atoms. The normalized spacial score (nSPS) is 22.7. The fourth-order valence-corrected chi connectivity index (χ4v) is 5.30. The van der Waals surface area contributed by atoms with Gasteiger partial charge in [-0.05, 0) is 72.7 Å². The van der Waals surface area contributed by atoms with Crippen molar-refractivity contribution in [3.8, 4) is 17.0 Å². The highest BCUT2D eigenvalue weighted by molar-refractivity contribution is 6.33. The molecule has 2 aliphatic rings. The summed E-state index contributed by atoms with van der Waals surface area (Å²) in [5, 5.41) is 12.6. The van der Waals surface area contributed by atoms with Crippen molar-refractivity contribution in [3.05, 3.63) is 71.0 Å². The molecular weight excluding hydrogens is 427 g/mol. The molecule has 1 aliphatic carbocycles. The predicted molar refractivity (Wildman–Crippen MR) is 124 cm³/mol. The van der Waals surface area contributed by atoms with Crippen LogP contribution in [-0.2, 0) is 6.54 Å². The molecule has 0 amide bonds. The Morgan fingerprint density at radius 1 is 1.03 bits per heavy atom. The van der Waals surface area contributed by atoms with Crippen molar-refractivity contribution in [2.75, 3.05) is 25.5 Å². The van der Waals surface area contributed by atoms with Crippen LogP contribution in [0.25, 0.3) is 11.3 Å². The van der Waals surface area contributed by atoms with Gasteiger partial charge in [-0.25, -0.2) is 4.39 Å². The van der Waals surface area contributed by atoms with Gasteiger partial charge in [0.25, 0.3) is 0 Å². The number of methoxy groups -OCH3 is 1. The van der Waals surface area contributed by atoms with Crippen molar-refractivity contribution in [2.24, 2.45) is 11.8 Å². The number of anilines is 1. The fourth-order valence-electron chi connectivity index (χ4n) is 5.09. The molecule has 1 saturated carbocycles. The van der Waals surface area contributed by atoms with E-state index in [0.29, 0.717) is 34.2 Å². The molecule has 3 aromatic rings. The van der Waals surface area contributed by atoms with E-state index in [1.165, 1.54) is 23.8 Å². The van der Waals surface area contributed by atoms with Crippen LogP contribution in [0.3, 0.4) is 0 Å². The first-order chi connectivity index (χ1) is 15.6. The molecule has 1 saturated heterocycles. The van der Waals surface area contributed by atoms with Crippen molar-refractivity contribution in [1.82, 2.24) is 15.1 Å². The molecule has 5 nitrogen and oxygen atoms in total. The number of hydrogen-bond acceptors (Lipinski definition) is 5. The monoisotopic (exact) mass is 452 g/mol. The molecule has 7 heteroatoms. The zero-order valence-electron chi connectivity index (χ0n) is 18.0. The van der Waals surface area contributed by atoms with Gasteiger partial charge < -0.3 is 10.1 Å². The van der Waals surface area contributed by atoms with Crippen LogP contribution in [0.5, 0.6) is 5.75 Å². The summed E-state index contributed by atoms with van der Waals surface area (Å²) in [5.74, 6) is 2.73. The maximum atomic E-state index is 13.5. The van der Waals surface area contributed by atoms with Crippen molar-refractivity contribution < 1.29 is 9.13 Å². The fraction of sp³-hybridized carbons (Fsp3) is 0.360. The lowest BCUT2D eigenvalue weighted by atomic mass is 10.0. The SMILES string of the molecule is COc1ccc(CN2C[C@H]3CC(Nc4ccc(-c5cc(F)ccc5Cl)nn4)C[C@H]3C2)cc1. The lowest BCUT2D eigenvalue weighted by molar-refractivity contribution is 0.301. The number of hydrogen-bond donors (Lipinski definition) is 1. The summed E-state index contributed by atoms with van der Waals surface area (Å²) in [6.07, 6.45) is 2.28. The molecule has 0 bridgehead atoms. The lowest BCUT2D eigenvalue weighted by Crippen LogP contribution is -2.25. The maximum absolute atomic E-state index is 13.5. The summed E-state index contributed by atoms with van der Waals surface area (Å²) >= 11 is 6.18. The molecule has 0 spiro atoms. The Labute approximate surface area is 192 Å². The first-order valence-electron chi connectivity index (χ1n) is 11.0. The van der Waals surface area contributed by atoms with Crippen molar-refractivity contribution in [3.63, 3.8) is 0 Å². The highest BCUT2D eigenvalue weighted by Gasteiger charge is 2.40. The van der Waals surface area contributed by atoms with Gasteiger partial charge >= 0.3 is 0 Å². The Balaban J connectivity index is 1.15. The number of nitrogens with one attached hydrogen (secondary N) is 1. The second-order valence-corrected chi connectivity index (χ2v) is 9.21. The van der Waals surface area contributed by atoms with Gasteiger partial charge in [-0.2, -0.15) is 0 Å². The van der Waals surface area contributed by atoms with E-state index in [1.807, 2.05) is 24.3 Å². The van der Waals surface area contributed by atoms with Gasteiger partial charge in [0.15, 0.2) is 0 Å². The highest BCUT2D eigenvalue weighted by atomic mass is 35.5. The van der Waals surface area contributed by atoms with Crippen molar-refractivity contribution >= 4 is 17.4 Å².